The number of rotatable bonds is 6. The van der Waals surface area contributed by atoms with Crippen molar-refractivity contribution in [3.05, 3.63) is 35.9 Å². The summed E-state index contributed by atoms with van der Waals surface area (Å²) in [5, 5.41) is 0.430. The van der Waals surface area contributed by atoms with E-state index in [4.69, 9.17) is 19.2 Å². The standard InChI is InChI=1S/C23H33FN2O4S/c1-6-17-15(2)19(28-14-16-10-8-7-9-11-16)18-20(29-17)31-21(25-18)26(13-12-24)22(27)30-23(3,4)5/h7-11,15,17-20H,6,12-14H2,1-5H3/t15-,17-,18-,19+,20-/m1/s1. The van der Waals surface area contributed by atoms with Crippen LogP contribution in [-0.4, -0.2) is 58.7 Å². The van der Waals surface area contributed by atoms with Crippen LogP contribution < -0.4 is 0 Å². The third-order valence-corrected chi connectivity index (χ3v) is 6.51. The average Bonchev–Trinajstić information content (AvgIpc) is 3.13. The summed E-state index contributed by atoms with van der Waals surface area (Å²) >= 11 is 1.35. The van der Waals surface area contributed by atoms with E-state index < -0.39 is 18.4 Å². The van der Waals surface area contributed by atoms with E-state index in [1.165, 1.54) is 16.7 Å². The van der Waals surface area contributed by atoms with Gasteiger partial charge in [0.2, 0.25) is 0 Å². The van der Waals surface area contributed by atoms with Gasteiger partial charge in [-0.25, -0.2) is 9.18 Å². The van der Waals surface area contributed by atoms with Crippen molar-refractivity contribution in [1.29, 1.82) is 0 Å². The van der Waals surface area contributed by atoms with Gasteiger partial charge in [0.15, 0.2) is 5.17 Å². The maximum absolute atomic E-state index is 13.3. The molecule has 0 bridgehead atoms. The minimum atomic E-state index is -0.684. The first kappa shape index (κ1) is 24.0. The number of ether oxygens (including phenoxy) is 3. The first-order valence-electron chi connectivity index (χ1n) is 10.9. The largest absolute Gasteiger partial charge is 0.443 e. The Morgan fingerprint density at radius 3 is 2.61 bits per heavy atom. The summed E-state index contributed by atoms with van der Waals surface area (Å²) in [6.45, 7) is 9.24. The van der Waals surface area contributed by atoms with E-state index in [0.29, 0.717) is 11.8 Å². The van der Waals surface area contributed by atoms with Crippen molar-refractivity contribution < 1.29 is 23.4 Å². The van der Waals surface area contributed by atoms with Crippen LogP contribution in [0.2, 0.25) is 0 Å². The quantitative estimate of drug-likeness (QED) is 0.606. The van der Waals surface area contributed by atoms with E-state index in [1.807, 2.05) is 30.3 Å². The predicted molar refractivity (Wildman–Crippen MR) is 121 cm³/mol. The van der Waals surface area contributed by atoms with Crippen molar-refractivity contribution in [3.8, 4) is 0 Å². The van der Waals surface area contributed by atoms with Crippen molar-refractivity contribution in [2.75, 3.05) is 13.2 Å². The molecule has 3 rings (SSSR count). The molecule has 2 aliphatic rings. The molecule has 0 aliphatic carbocycles. The second kappa shape index (κ2) is 10.3. The second-order valence-corrected chi connectivity index (χ2v) is 9.98. The molecule has 1 aromatic rings. The van der Waals surface area contributed by atoms with Crippen molar-refractivity contribution in [2.45, 2.75) is 76.9 Å². The number of hydrogen-bond acceptors (Lipinski definition) is 6. The van der Waals surface area contributed by atoms with E-state index in [1.54, 1.807) is 20.8 Å². The van der Waals surface area contributed by atoms with Crippen molar-refractivity contribution in [3.63, 3.8) is 0 Å². The third kappa shape index (κ3) is 5.99. The fourth-order valence-electron chi connectivity index (χ4n) is 3.83. The first-order chi connectivity index (χ1) is 14.7. The normalized spacial score (nSPS) is 28.1. The topological polar surface area (TPSA) is 60.4 Å². The van der Waals surface area contributed by atoms with Gasteiger partial charge in [-0.2, -0.15) is 0 Å². The molecule has 0 spiro atoms. The highest BCUT2D eigenvalue weighted by Crippen LogP contribution is 2.42. The fraction of sp³-hybridized carbons (Fsp3) is 0.652. The fourth-order valence-corrected chi connectivity index (χ4v) is 5.07. The number of benzene rings is 1. The molecule has 0 N–H and O–H groups in total. The highest BCUT2D eigenvalue weighted by atomic mass is 32.2. The van der Waals surface area contributed by atoms with Crippen molar-refractivity contribution in [2.24, 2.45) is 10.9 Å². The number of aliphatic imine (C=N–C) groups is 1. The minimum absolute atomic E-state index is 0.0280. The van der Waals surface area contributed by atoms with Crippen LogP contribution in [0.15, 0.2) is 35.3 Å². The highest BCUT2D eigenvalue weighted by Gasteiger charge is 2.49. The summed E-state index contributed by atoms with van der Waals surface area (Å²) < 4.78 is 31.4. The summed E-state index contributed by atoms with van der Waals surface area (Å²) in [6.07, 6.45) is 0.114. The van der Waals surface area contributed by atoms with E-state index in [-0.39, 0.29) is 36.1 Å². The molecule has 6 nitrogen and oxygen atoms in total. The first-order valence-corrected chi connectivity index (χ1v) is 11.7. The lowest BCUT2D eigenvalue weighted by Crippen LogP contribution is -2.51. The van der Waals surface area contributed by atoms with E-state index in [2.05, 4.69) is 13.8 Å². The van der Waals surface area contributed by atoms with E-state index in [9.17, 15) is 9.18 Å². The second-order valence-electron chi connectivity index (χ2n) is 8.91. The van der Waals surface area contributed by atoms with Gasteiger partial charge in [0.25, 0.3) is 0 Å². The van der Waals surface area contributed by atoms with Gasteiger partial charge in [0, 0.05) is 5.92 Å². The molecule has 1 saturated heterocycles. The smallest absolute Gasteiger partial charge is 0.416 e. The lowest BCUT2D eigenvalue weighted by molar-refractivity contribution is -0.137. The zero-order valence-electron chi connectivity index (χ0n) is 18.9. The number of hydrogen-bond donors (Lipinski definition) is 0. The monoisotopic (exact) mass is 452 g/mol. The maximum Gasteiger partial charge on any atom is 0.416 e. The third-order valence-electron chi connectivity index (χ3n) is 5.35. The van der Waals surface area contributed by atoms with Gasteiger partial charge in [0.05, 0.1) is 25.4 Å². The Balaban J connectivity index is 1.80. The van der Waals surface area contributed by atoms with Crippen LogP contribution in [0.3, 0.4) is 0 Å². The Hall–Kier alpha value is -1.64. The van der Waals surface area contributed by atoms with Crippen molar-refractivity contribution >= 4 is 23.0 Å². The molecule has 172 valence electrons. The zero-order chi connectivity index (χ0) is 22.6. The number of carbonyl (C=O) groups excluding carboxylic acids is 1. The zero-order valence-corrected chi connectivity index (χ0v) is 19.7. The molecule has 1 amide bonds. The van der Waals surface area contributed by atoms with Gasteiger partial charge < -0.3 is 14.2 Å². The van der Waals surface area contributed by atoms with Crippen LogP contribution in [-0.2, 0) is 20.8 Å². The summed E-state index contributed by atoms with van der Waals surface area (Å²) in [4.78, 5) is 18.7. The van der Waals surface area contributed by atoms with Gasteiger partial charge >= 0.3 is 6.09 Å². The number of halogens is 1. The van der Waals surface area contributed by atoms with Gasteiger partial charge in [0.1, 0.15) is 23.8 Å². The van der Waals surface area contributed by atoms with Gasteiger partial charge in [-0.3, -0.25) is 9.89 Å². The molecule has 31 heavy (non-hydrogen) atoms. The van der Waals surface area contributed by atoms with E-state index in [0.717, 1.165) is 12.0 Å². The molecule has 5 atom stereocenters. The molecule has 2 heterocycles. The summed E-state index contributed by atoms with van der Waals surface area (Å²) in [5.74, 6) is 0.134. The van der Waals surface area contributed by atoms with Crippen LogP contribution in [0.1, 0.15) is 46.6 Å². The SMILES string of the molecule is CC[C@H]1O[C@@H]2SC(N(CCF)C(=O)OC(C)(C)C)=N[C@@H]2[C@@H](OCc2ccccc2)[C@@H]1C. The Morgan fingerprint density at radius 1 is 1.29 bits per heavy atom. The number of thioether (sulfide) groups is 1. The van der Waals surface area contributed by atoms with E-state index >= 15 is 0 Å². The lowest BCUT2D eigenvalue weighted by Gasteiger charge is -2.41. The molecule has 1 fully saturated rings. The Labute approximate surface area is 188 Å². The minimum Gasteiger partial charge on any atom is -0.443 e. The molecular formula is C23H33FN2O4S. The van der Waals surface area contributed by atoms with Crippen molar-refractivity contribution in [1.82, 2.24) is 4.90 Å². The van der Waals surface area contributed by atoms with Crippen LogP contribution >= 0.6 is 11.8 Å². The molecule has 0 unspecified atom stereocenters. The van der Waals surface area contributed by atoms with Gasteiger partial charge in [-0.1, -0.05) is 55.9 Å². The number of amides is 1. The molecule has 8 heteroatoms. The number of alkyl halides is 1. The Bertz CT molecular complexity index is 771. The molecular weight excluding hydrogens is 419 g/mol. The highest BCUT2D eigenvalue weighted by molar-refractivity contribution is 8.14. The number of nitrogens with zero attached hydrogens (tertiary/aromatic N) is 2. The Morgan fingerprint density at radius 2 is 2.00 bits per heavy atom. The number of fused-ring (bicyclic) bond motifs is 1. The summed E-state index contributed by atoms with van der Waals surface area (Å²) in [5.41, 5.74) is 0.136. The van der Waals surface area contributed by atoms with Gasteiger partial charge in [-0.15, -0.1) is 0 Å². The molecule has 0 aromatic heterocycles. The summed E-state index contributed by atoms with van der Waals surface area (Å²) in [7, 11) is 0. The molecule has 0 radical (unpaired) electrons. The number of amidine groups is 1. The Kier molecular flexibility index (Phi) is 7.99. The number of carbonyl (C=O) groups is 1. The van der Waals surface area contributed by atoms with Crippen LogP contribution in [0.5, 0.6) is 0 Å². The van der Waals surface area contributed by atoms with Crippen LogP contribution in [0.25, 0.3) is 0 Å². The van der Waals surface area contributed by atoms with Gasteiger partial charge in [-0.05, 0) is 32.8 Å². The lowest BCUT2D eigenvalue weighted by atomic mass is 9.88. The molecule has 0 saturated carbocycles. The van der Waals surface area contributed by atoms with Crippen LogP contribution in [0.4, 0.5) is 9.18 Å². The predicted octanol–water partition coefficient (Wildman–Crippen LogP) is 5.02. The molecule has 1 aromatic carbocycles. The summed E-state index contributed by atoms with van der Waals surface area (Å²) in [6, 6.07) is 9.74. The maximum atomic E-state index is 13.3. The average molecular weight is 453 g/mol. The molecule has 2 aliphatic heterocycles. The van der Waals surface area contributed by atoms with Crippen LogP contribution in [0, 0.1) is 5.92 Å².